The van der Waals surface area contributed by atoms with Gasteiger partial charge in [0.05, 0.1) is 0 Å². The molecule has 0 radical (unpaired) electrons. The van der Waals surface area contributed by atoms with Gasteiger partial charge in [0.1, 0.15) is 0 Å². The minimum absolute atomic E-state index is 0. The normalized spacial score (nSPS) is 7.88. The molecule has 0 unspecified atom stereocenters. The molecule has 0 saturated carbocycles. The second-order valence-electron chi connectivity index (χ2n) is 0.996. The van der Waals surface area contributed by atoms with E-state index >= 15 is 0 Å². The van der Waals surface area contributed by atoms with Crippen LogP contribution in [0.25, 0.3) is 0 Å². The molecular formula is C3H10BLiO3. The van der Waals surface area contributed by atoms with Gasteiger partial charge in [-0.2, -0.15) is 0 Å². The summed E-state index contributed by atoms with van der Waals surface area (Å²) in [6, 6.07) is 0. The van der Waals surface area contributed by atoms with Crippen LogP contribution in [-0.4, -0.2) is 47.5 Å². The Balaban J connectivity index is 0. The third kappa shape index (κ3) is 4.70. The summed E-state index contributed by atoms with van der Waals surface area (Å²) in [5.41, 5.74) is 0. The molecule has 0 aliphatic carbocycles. The van der Waals surface area contributed by atoms with Gasteiger partial charge >= 0.3 is 26.2 Å². The Labute approximate surface area is 62.0 Å². The van der Waals surface area contributed by atoms with Crippen LogP contribution in [0.4, 0.5) is 0 Å². The molecule has 0 aliphatic heterocycles. The Morgan fingerprint density at radius 2 is 1.12 bits per heavy atom. The molecule has 3 nitrogen and oxygen atoms in total. The number of hydrogen-bond acceptors (Lipinski definition) is 3. The zero-order valence-corrected chi connectivity index (χ0v) is 4.80. The predicted molar refractivity (Wildman–Crippen MR) is 33.9 cm³/mol. The Morgan fingerprint density at radius 1 is 0.875 bits per heavy atom. The van der Waals surface area contributed by atoms with Gasteiger partial charge < -0.3 is 14.0 Å². The standard InChI is InChI=1S/C3H9BO3.Li.H/c1-5-4(6-2)7-3;;/h1-3H3;;. The Hall–Kier alpha value is 0.542. The van der Waals surface area contributed by atoms with E-state index in [4.69, 9.17) is 0 Å². The number of hydrogen-bond donors (Lipinski definition) is 0. The van der Waals surface area contributed by atoms with E-state index in [2.05, 4.69) is 14.0 Å². The van der Waals surface area contributed by atoms with E-state index in [1.165, 1.54) is 21.3 Å². The zero-order chi connectivity index (χ0) is 5.70. The molecule has 0 heterocycles. The summed E-state index contributed by atoms with van der Waals surface area (Å²) in [5.74, 6) is 0. The summed E-state index contributed by atoms with van der Waals surface area (Å²) >= 11 is 0. The van der Waals surface area contributed by atoms with Gasteiger partial charge in [0.15, 0.2) is 0 Å². The third-order valence-electron chi connectivity index (χ3n) is 0.577. The maximum atomic E-state index is 4.60. The van der Waals surface area contributed by atoms with Crippen molar-refractivity contribution in [1.82, 2.24) is 0 Å². The molecule has 8 heavy (non-hydrogen) atoms. The van der Waals surface area contributed by atoms with Gasteiger partial charge in [0.2, 0.25) is 0 Å². The van der Waals surface area contributed by atoms with Gasteiger partial charge in [-0.05, 0) is 0 Å². The Bertz CT molecular complexity index is 36.0. The van der Waals surface area contributed by atoms with Crippen molar-refractivity contribution in [3.63, 3.8) is 0 Å². The topological polar surface area (TPSA) is 27.7 Å². The quantitative estimate of drug-likeness (QED) is 0.450. The first-order valence-electron chi connectivity index (χ1n) is 1.93. The third-order valence-corrected chi connectivity index (χ3v) is 0.577. The van der Waals surface area contributed by atoms with Crippen LogP contribution >= 0.6 is 0 Å². The van der Waals surface area contributed by atoms with E-state index < -0.39 is 7.32 Å². The fraction of sp³-hybridized carbons (Fsp3) is 1.00. The molecule has 0 aliphatic rings. The monoisotopic (exact) mass is 112 g/mol. The van der Waals surface area contributed by atoms with Crippen molar-refractivity contribution >= 4 is 26.2 Å². The van der Waals surface area contributed by atoms with Gasteiger partial charge in [0.25, 0.3) is 0 Å². The second kappa shape index (κ2) is 7.54. The van der Waals surface area contributed by atoms with Gasteiger partial charge in [-0.1, -0.05) is 0 Å². The Morgan fingerprint density at radius 3 is 1.12 bits per heavy atom. The molecule has 0 aromatic carbocycles. The second-order valence-corrected chi connectivity index (χ2v) is 0.996. The fourth-order valence-electron chi connectivity index (χ4n) is 0.289. The van der Waals surface area contributed by atoms with Crippen molar-refractivity contribution in [3.8, 4) is 0 Å². The average Bonchev–Trinajstić information content (AvgIpc) is 1.72. The van der Waals surface area contributed by atoms with Crippen molar-refractivity contribution in [2.45, 2.75) is 0 Å². The molecule has 0 rings (SSSR count). The summed E-state index contributed by atoms with van der Waals surface area (Å²) in [5, 5.41) is 0. The summed E-state index contributed by atoms with van der Waals surface area (Å²) in [4.78, 5) is 0. The van der Waals surface area contributed by atoms with Crippen LogP contribution in [0.1, 0.15) is 0 Å². The molecule has 0 saturated heterocycles. The SMILES string of the molecule is COB(OC)OC.[LiH]. The molecule has 0 N–H and O–H groups in total. The first-order chi connectivity index (χ1) is 3.35. The molecule has 44 valence electrons. The van der Waals surface area contributed by atoms with Gasteiger partial charge in [0, 0.05) is 21.3 Å². The summed E-state index contributed by atoms with van der Waals surface area (Å²) in [6.45, 7) is 0. The molecule has 0 aromatic heterocycles. The van der Waals surface area contributed by atoms with Crippen molar-refractivity contribution in [3.05, 3.63) is 0 Å². The van der Waals surface area contributed by atoms with Crippen LogP contribution in [0.15, 0.2) is 0 Å². The van der Waals surface area contributed by atoms with Crippen LogP contribution in [0.5, 0.6) is 0 Å². The molecule has 0 atom stereocenters. The van der Waals surface area contributed by atoms with Crippen LogP contribution in [0.3, 0.4) is 0 Å². The fourth-order valence-corrected chi connectivity index (χ4v) is 0.289. The molecular weight excluding hydrogens is 102 g/mol. The van der Waals surface area contributed by atoms with E-state index in [1.54, 1.807) is 0 Å². The van der Waals surface area contributed by atoms with Gasteiger partial charge in [-0.15, -0.1) is 0 Å². The van der Waals surface area contributed by atoms with E-state index in [0.29, 0.717) is 0 Å². The maximum absolute atomic E-state index is 4.60. The molecule has 0 spiro atoms. The van der Waals surface area contributed by atoms with Crippen molar-refractivity contribution in [2.24, 2.45) is 0 Å². The van der Waals surface area contributed by atoms with E-state index in [-0.39, 0.29) is 18.9 Å². The van der Waals surface area contributed by atoms with Crippen LogP contribution in [-0.2, 0) is 14.0 Å². The van der Waals surface area contributed by atoms with Crippen LogP contribution < -0.4 is 0 Å². The summed E-state index contributed by atoms with van der Waals surface area (Å²) < 4.78 is 13.8. The van der Waals surface area contributed by atoms with Gasteiger partial charge in [-0.3, -0.25) is 0 Å². The molecule has 0 aromatic rings. The molecule has 0 fully saturated rings. The van der Waals surface area contributed by atoms with Crippen molar-refractivity contribution in [2.75, 3.05) is 21.3 Å². The Kier molecular flexibility index (Phi) is 10.7. The van der Waals surface area contributed by atoms with E-state index in [1.807, 2.05) is 0 Å². The van der Waals surface area contributed by atoms with Crippen molar-refractivity contribution in [1.29, 1.82) is 0 Å². The average molecular weight is 112 g/mol. The predicted octanol–water partition coefficient (Wildman–Crippen LogP) is -0.738. The van der Waals surface area contributed by atoms with Crippen LogP contribution in [0, 0.1) is 0 Å². The minimum atomic E-state index is -0.514. The molecule has 0 amide bonds. The number of rotatable bonds is 3. The molecule has 0 bridgehead atoms. The van der Waals surface area contributed by atoms with Gasteiger partial charge in [-0.25, -0.2) is 0 Å². The first kappa shape index (κ1) is 11.4. The summed E-state index contributed by atoms with van der Waals surface area (Å²) in [7, 11) is 4.02. The first-order valence-corrected chi connectivity index (χ1v) is 1.93. The van der Waals surface area contributed by atoms with E-state index in [0.717, 1.165) is 0 Å². The summed E-state index contributed by atoms with van der Waals surface area (Å²) in [6.07, 6.45) is 0. The van der Waals surface area contributed by atoms with Crippen LogP contribution in [0.2, 0.25) is 0 Å². The van der Waals surface area contributed by atoms with Crippen molar-refractivity contribution < 1.29 is 14.0 Å². The van der Waals surface area contributed by atoms with E-state index in [9.17, 15) is 0 Å². The zero-order valence-electron chi connectivity index (χ0n) is 4.80. The molecule has 5 heteroatoms.